The second-order valence-corrected chi connectivity index (χ2v) is 8.18. The van der Waals surface area contributed by atoms with Crippen molar-refractivity contribution in [3.8, 4) is 5.75 Å². The maximum Gasteiger partial charge on any atom is 0.343 e. The van der Waals surface area contributed by atoms with Crippen LogP contribution in [0.4, 0.5) is 0 Å². The maximum atomic E-state index is 12.9. The van der Waals surface area contributed by atoms with Crippen molar-refractivity contribution in [2.24, 2.45) is 5.10 Å². The van der Waals surface area contributed by atoms with Crippen LogP contribution in [0, 0.1) is 6.92 Å². The van der Waals surface area contributed by atoms with Gasteiger partial charge in [-0.05, 0) is 52.7 Å². The van der Waals surface area contributed by atoms with E-state index in [-0.39, 0.29) is 5.91 Å². The average Bonchev–Trinajstić information content (AvgIpc) is 2.89. The quantitative estimate of drug-likeness (QED) is 0.146. The van der Waals surface area contributed by atoms with Gasteiger partial charge < -0.3 is 4.74 Å². The molecule has 5 nitrogen and oxygen atoms in total. The number of carbonyl (C=O) groups excluding carboxylic acids is 2. The predicted octanol–water partition coefficient (Wildman–Crippen LogP) is 6.28. The molecule has 5 aromatic carbocycles. The fraction of sp³-hybridized carbons (Fsp3) is 0.0333. The molecule has 0 bridgehead atoms. The van der Waals surface area contributed by atoms with E-state index in [2.05, 4.69) is 10.5 Å². The van der Waals surface area contributed by atoms with Crippen molar-refractivity contribution in [2.45, 2.75) is 6.92 Å². The minimum absolute atomic E-state index is 0.323. The molecule has 1 N–H and O–H groups in total. The first kappa shape index (κ1) is 22.0. The zero-order valence-corrected chi connectivity index (χ0v) is 19.1. The lowest BCUT2D eigenvalue weighted by Crippen LogP contribution is -2.18. The first-order valence-corrected chi connectivity index (χ1v) is 11.2. The molecular weight excluding hydrogens is 436 g/mol. The summed E-state index contributed by atoms with van der Waals surface area (Å²) < 4.78 is 5.75. The van der Waals surface area contributed by atoms with Crippen molar-refractivity contribution in [1.82, 2.24) is 5.43 Å². The number of hydrazone groups is 1. The zero-order valence-electron chi connectivity index (χ0n) is 19.1. The van der Waals surface area contributed by atoms with Crippen LogP contribution in [0.5, 0.6) is 5.75 Å². The topological polar surface area (TPSA) is 67.8 Å². The lowest BCUT2D eigenvalue weighted by molar-refractivity contribution is 0.0734. The fourth-order valence-electron chi connectivity index (χ4n) is 4.07. The van der Waals surface area contributed by atoms with E-state index in [9.17, 15) is 9.59 Å². The van der Waals surface area contributed by atoms with Crippen LogP contribution in [0.1, 0.15) is 31.8 Å². The molecule has 0 radical (unpaired) electrons. The van der Waals surface area contributed by atoms with Crippen LogP contribution in [-0.2, 0) is 0 Å². The third-order valence-electron chi connectivity index (χ3n) is 5.78. The summed E-state index contributed by atoms with van der Waals surface area (Å²) in [7, 11) is 0. The molecule has 170 valence electrons. The molecular formula is C30H22N2O3. The average molecular weight is 459 g/mol. The van der Waals surface area contributed by atoms with E-state index in [0.717, 1.165) is 27.1 Å². The zero-order chi connectivity index (χ0) is 24.2. The lowest BCUT2D eigenvalue weighted by Gasteiger charge is -2.11. The van der Waals surface area contributed by atoms with E-state index in [1.54, 1.807) is 24.3 Å². The monoisotopic (exact) mass is 458 g/mol. The van der Waals surface area contributed by atoms with Gasteiger partial charge >= 0.3 is 5.97 Å². The number of carbonyl (C=O) groups is 2. The summed E-state index contributed by atoms with van der Waals surface area (Å²) in [6.07, 6.45) is 1.52. The Balaban J connectivity index is 1.45. The minimum atomic E-state index is -0.460. The van der Waals surface area contributed by atoms with Gasteiger partial charge in [0.2, 0.25) is 0 Å². The Kier molecular flexibility index (Phi) is 6.05. The van der Waals surface area contributed by atoms with E-state index in [1.165, 1.54) is 6.21 Å². The Hall–Kier alpha value is -4.77. The Morgan fingerprint density at radius 3 is 2.26 bits per heavy atom. The molecule has 1 amide bonds. The van der Waals surface area contributed by atoms with Crippen LogP contribution < -0.4 is 10.2 Å². The van der Waals surface area contributed by atoms with E-state index in [4.69, 9.17) is 4.74 Å². The second kappa shape index (κ2) is 9.61. The summed E-state index contributed by atoms with van der Waals surface area (Å²) in [5.41, 5.74) is 5.18. The van der Waals surface area contributed by atoms with E-state index >= 15 is 0 Å². The highest BCUT2D eigenvalue weighted by Crippen LogP contribution is 2.27. The number of fused-ring (bicyclic) bond motifs is 2. The predicted molar refractivity (Wildman–Crippen MR) is 139 cm³/mol. The van der Waals surface area contributed by atoms with Crippen LogP contribution in [0.15, 0.2) is 108 Å². The van der Waals surface area contributed by atoms with Gasteiger partial charge in [-0.1, -0.05) is 84.4 Å². The molecule has 0 spiro atoms. The summed E-state index contributed by atoms with van der Waals surface area (Å²) >= 11 is 0. The largest absolute Gasteiger partial charge is 0.422 e. The number of hydrogen-bond donors (Lipinski definition) is 1. The molecule has 5 heteroatoms. The number of nitrogens with zero attached hydrogens (tertiary/aromatic N) is 1. The second-order valence-electron chi connectivity index (χ2n) is 8.18. The van der Waals surface area contributed by atoms with Crippen molar-refractivity contribution in [3.63, 3.8) is 0 Å². The smallest absolute Gasteiger partial charge is 0.343 e. The highest BCUT2D eigenvalue weighted by atomic mass is 16.5. The van der Waals surface area contributed by atoms with Crippen LogP contribution in [0.2, 0.25) is 0 Å². The van der Waals surface area contributed by atoms with Gasteiger partial charge in [0.25, 0.3) is 5.91 Å². The van der Waals surface area contributed by atoms with Gasteiger partial charge in [-0.25, -0.2) is 10.2 Å². The summed E-state index contributed by atoms with van der Waals surface area (Å²) in [5, 5.41) is 7.85. The number of ether oxygens (including phenoxy) is 1. The Morgan fingerprint density at radius 1 is 0.771 bits per heavy atom. The first-order valence-electron chi connectivity index (χ1n) is 11.2. The number of amides is 1. The van der Waals surface area contributed by atoms with Crippen LogP contribution >= 0.6 is 0 Å². The first-order chi connectivity index (χ1) is 17.1. The molecule has 0 heterocycles. The Labute approximate surface area is 202 Å². The third-order valence-corrected chi connectivity index (χ3v) is 5.78. The van der Waals surface area contributed by atoms with Gasteiger partial charge in [-0.2, -0.15) is 5.10 Å². The molecule has 0 saturated carbocycles. The molecule has 0 atom stereocenters. The molecule has 35 heavy (non-hydrogen) atoms. The number of nitrogens with one attached hydrogen (secondary N) is 1. The van der Waals surface area contributed by atoms with Crippen molar-refractivity contribution in [1.29, 1.82) is 0 Å². The van der Waals surface area contributed by atoms with E-state index < -0.39 is 5.97 Å². The molecule has 5 aromatic rings. The molecule has 0 fully saturated rings. The summed E-state index contributed by atoms with van der Waals surface area (Å²) in [6.45, 7) is 1.92. The molecule has 0 aromatic heterocycles. The van der Waals surface area contributed by atoms with Gasteiger partial charge in [0.05, 0.1) is 11.8 Å². The molecule has 0 aliphatic carbocycles. The molecule has 0 aliphatic rings. The maximum absolute atomic E-state index is 12.9. The fourth-order valence-corrected chi connectivity index (χ4v) is 4.07. The van der Waals surface area contributed by atoms with Crippen molar-refractivity contribution in [3.05, 3.63) is 125 Å². The number of rotatable bonds is 5. The summed E-state index contributed by atoms with van der Waals surface area (Å²) in [5.74, 6) is -0.423. The van der Waals surface area contributed by atoms with Gasteiger partial charge in [-0.15, -0.1) is 0 Å². The normalized spacial score (nSPS) is 11.1. The number of aryl methyl sites for hydroxylation is 1. The standard InChI is InChI=1S/C30H22N2O3/c1-20-8-6-12-23(18-20)30(34)35-28-17-16-22-10-3-5-14-25(22)27(28)19-31-32-29(33)26-15-7-11-21-9-2-4-13-24(21)26/h2-19H,1H3,(H,32,33)/b31-19-. The van der Waals surface area contributed by atoms with Gasteiger partial charge in [-0.3, -0.25) is 4.79 Å². The van der Waals surface area contributed by atoms with Crippen molar-refractivity contribution < 1.29 is 14.3 Å². The highest BCUT2D eigenvalue weighted by Gasteiger charge is 2.14. The van der Waals surface area contributed by atoms with E-state index in [1.807, 2.05) is 85.8 Å². The minimum Gasteiger partial charge on any atom is -0.422 e. The summed E-state index contributed by atoms with van der Waals surface area (Å²) in [6, 6.07) is 31.8. The van der Waals surface area contributed by atoms with Crippen LogP contribution in [0.25, 0.3) is 21.5 Å². The molecule has 5 rings (SSSR count). The van der Waals surface area contributed by atoms with Crippen molar-refractivity contribution >= 4 is 39.6 Å². The lowest BCUT2D eigenvalue weighted by atomic mass is 10.0. The van der Waals surface area contributed by atoms with Gasteiger partial charge in [0.1, 0.15) is 5.75 Å². The van der Waals surface area contributed by atoms with Crippen molar-refractivity contribution in [2.75, 3.05) is 0 Å². The van der Waals surface area contributed by atoms with Gasteiger partial charge in [0, 0.05) is 11.1 Å². The SMILES string of the molecule is Cc1cccc(C(=O)Oc2ccc3ccccc3c2/C=N\NC(=O)c2cccc3ccccc23)c1. The third kappa shape index (κ3) is 4.66. The molecule has 0 unspecified atom stereocenters. The van der Waals surface area contributed by atoms with Gasteiger partial charge in [0.15, 0.2) is 0 Å². The summed E-state index contributed by atoms with van der Waals surface area (Å²) in [4.78, 5) is 25.7. The molecule has 0 saturated heterocycles. The number of esters is 1. The molecule has 0 aliphatic heterocycles. The van der Waals surface area contributed by atoms with Crippen LogP contribution in [0.3, 0.4) is 0 Å². The number of benzene rings is 5. The highest BCUT2D eigenvalue weighted by molar-refractivity contribution is 6.08. The van der Waals surface area contributed by atoms with E-state index in [0.29, 0.717) is 22.4 Å². The Bertz CT molecular complexity index is 1600. The number of hydrogen-bond acceptors (Lipinski definition) is 4. The van der Waals surface area contributed by atoms with Crippen LogP contribution in [-0.4, -0.2) is 18.1 Å². The Morgan fingerprint density at radius 2 is 1.46 bits per heavy atom.